The van der Waals surface area contributed by atoms with E-state index in [1.54, 1.807) is 36.3 Å². The van der Waals surface area contributed by atoms with Crippen LogP contribution in [0.5, 0.6) is 0 Å². The van der Waals surface area contributed by atoms with Crippen molar-refractivity contribution in [2.24, 2.45) is 0 Å². The molecular weight excluding hydrogens is 345 g/mol. The van der Waals surface area contributed by atoms with Crippen LogP contribution in [0.1, 0.15) is 13.3 Å². The molecule has 0 radical (unpaired) electrons. The second kappa shape index (κ2) is 7.30. The lowest BCUT2D eigenvalue weighted by atomic mass is 10.0. The van der Waals surface area contributed by atoms with Crippen LogP contribution in [0.4, 0.5) is 4.39 Å². The Hall–Kier alpha value is -2.66. The van der Waals surface area contributed by atoms with Crippen molar-refractivity contribution in [1.82, 2.24) is 14.6 Å². The van der Waals surface area contributed by atoms with E-state index in [0.717, 1.165) is 45.1 Å². The number of rotatable bonds is 5. The van der Waals surface area contributed by atoms with Gasteiger partial charge in [-0.2, -0.15) is 5.10 Å². The predicted molar refractivity (Wildman–Crippen MR) is 105 cm³/mol. The quantitative estimate of drug-likeness (QED) is 0.426. The average Bonchev–Trinajstić information content (AvgIpc) is 3.07. The van der Waals surface area contributed by atoms with Crippen LogP contribution in [0.25, 0.3) is 27.9 Å². The van der Waals surface area contributed by atoms with Crippen LogP contribution in [-0.4, -0.2) is 20.4 Å². The van der Waals surface area contributed by atoms with Crippen molar-refractivity contribution in [1.29, 1.82) is 0 Å². The van der Waals surface area contributed by atoms with Gasteiger partial charge < -0.3 is 0 Å². The zero-order valence-corrected chi connectivity index (χ0v) is 15.2. The van der Waals surface area contributed by atoms with E-state index in [2.05, 4.69) is 30.1 Å². The topological polar surface area (TPSA) is 30.2 Å². The summed E-state index contributed by atoms with van der Waals surface area (Å²) in [5.41, 5.74) is 4.87. The molecule has 3 nitrogen and oxygen atoms in total. The number of halogens is 1. The molecular formula is C21H18FN3S. The average molecular weight is 363 g/mol. The molecule has 0 aliphatic carbocycles. The highest BCUT2D eigenvalue weighted by Gasteiger charge is 2.18. The molecule has 1 aromatic carbocycles. The van der Waals surface area contributed by atoms with Crippen LogP contribution < -0.4 is 0 Å². The van der Waals surface area contributed by atoms with E-state index in [0.29, 0.717) is 0 Å². The van der Waals surface area contributed by atoms with Crippen LogP contribution in [0.2, 0.25) is 0 Å². The fraction of sp³-hybridized carbons (Fsp3) is 0.143. The highest BCUT2D eigenvalue weighted by atomic mass is 32.2. The summed E-state index contributed by atoms with van der Waals surface area (Å²) in [6.45, 7) is 2.17. The Morgan fingerprint density at radius 1 is 0.962 bits per heavy atom. The van der Waals surface area contributed by atoms with Crippen molar-refractivity contribution in [2.75, 3.05) is 5.75 Å². The van der Waals surface area contributed by atoms with Crippen molar-refractivity contribution in [3.8, 4) is 22.4 Å². The molecule has 0 amide bonds. The molecule has 130 valence electrons. The van der Waals surface area contributed by atoms with E-state index < -0.39 is 0 Å². The molecule has 0 aliphatic rings. The van der Waals surface area contributed by atoms with Crippen LogP contribution >= 0.6 is 11.8 Å². The second-order valence-corrected chi connectivity index (χ2v) is 7.09. The molecule has 0 unspecified atom stereocenters. The number of thioether (sulfide) groups is 1. The molecule has 0 saturated heterocycles. The molecule has 0 fully saturated rings. The minimum absolute atomic E-state index is 0.248. The molecule has 0 aliphatic heterocycles. The number of hydrogen-bond acceptors (Lipinski definition) is 3. The van der Waals surface area contributed by atoms with Crippen molar-refractivity contribution in [3.05, 3.63) is 72.8 Å². The molecule has 5 heteroatoms. The number of pyridine rings is 2. The zero-order chi connectivity index (χ0) is 17.9. The van der Waals surface area contributed by atoms with E-state index in [9.17, 15) is 4.39 Å². The summed E-state index contributed by atoms with van der Waals surface area (Å²) in [6, 6.07) is 16.7. The smallest absolute Gasteiger partial charge is 0.123 e. The first-order valence-corrected chi connectivity index (χ1v) is 9.57. The first-order chi connectivity index (χ1) is 12.8. The molecule has 0 saturated carbocycles. The Kier molecular flexibility index (Phi) is 4.71. The van der Waals surface area contributed by atoms with Crippen molar-refractivity contribution in [2.45, 2.75) is 18.4 Å². The lowest BCUT2D eigenvalue weighted by molar-refractivity contribution is 0.628. The van der Waals surface area contributed by atoms with Gasteiger partial charge in [0.05, 0.1) is 10.5 Å². The van der Waals surface area contributed by atoms with Crippen LogP contribution in [0.15, 0.2) is 72.0 Å². The van der Waals surface area contributed by atoms with Gasteiger partial charge in [0, 0.05) is 23.5 Å². The van der Waals surface area contributed by atoms with Crippen molar-refractivity contribution < 1.29 is 4.39 Å². The van der Waals surface area contributed by atoms with Gasteiger partial charge in [-0.3, -0.25) is 4.98 Å². The van der Waals surface area contributed by atoms with Gasteiger partial charge in [0.25, 0.3) is 0 Å². The third-order valence-corrected chi connectivity index (χ3v) is 5.38. The number of fused-ring (bicyclic) bond motifs is 1. The summed E-state index contributed by atoms with van der Waals surface area (Å²) in [4.78, 5) is 4.13. The number of hydrogen-bond donors (Lipinski definition) is 0. The number of benzene rings is 1. The SMILES string of the molecule is CCCSc1cccc2c(-c3ccncc3)c(-c3ccc(F)cc3)nn12. The summed E-state index contributed by atoms with van der Waals surface area (Å²) in [7, 11) is 0. The van der Waals surface area contributed by atoms with Gasteiger partial charge in [-0.15, -0.1) is 11.8 Å². The summed E-state index contributed by atoms with van der Waals surface area (Å²) in [5.74, 6) is 0.789. The van der Waals surface area contributed by atoms with Crippen LogP contribution in [0, 0.1) is 5.82 Å². The number of aromatic nitrogens is 3. The third kappa shape index (κ3) is 3.10. The van der Waals surface area contributed by atoms with Crippen LogP contribution in [-0.2, 0) is 0 Å². The first kappa shape index (κ1) is 16.8. The van der Waals surface area contributed by atoms with E-state index in [1.807, 2.05) is 16.6 Å². The van der Waals surface area contributed by atoms with Gasteiger partial charge in [-0.25, -0.2) is 8.91 Å². The molecule has 0 spiro atoms. The highest BCUT2D eigenvalue weighted by Crippen LogP contribution is 2.36. The summed E-state index contributed by atoms with van der Waals surface area (Å²) in [5, 5.41) is 6.00. The Morgan fingerprint density at radius 2 is 1.73 bits per heavy atom. The van der Waals surface area contributed by atoms with Gasteiger partial charge >= 0.3 is 0 Å². The fourth-order valence-electron chi connectivity index (χ4n) is 2.97. The predicted octanol–water partition coefficient (Wildman–Crippen LogP) is 5.70. The first-order valence-electron chi connectivity index (χ1n) is 8.59. The fourth-order valence-corrected chi connectivity index (χ4v) is 3.82. The molecule has 4 rings (SSSR count). The zero-order valence-electron chi connectivity index (χ0n) is 14.4. The third-order valence-electron chi connectivity index (χ3n) is 4.16. The number of nitrogens with zero attached hydrogens (tertiary/aromatic N) is 3. The van der Waals surface area contributed by atoms with Gasteiger partial charge in [0.1, 0.15) is 11.5 Å². The summed E-state index contributed by atoms with van der Waals surface area (Å²) >= 11 is 1.79. The van der Waals surface area contributed by atoms with E-state index in [1.165, 1.54) is 12.1 Å². The highest BCUT2D eigenvalue weighted by molar-refractivity contribution is 7.99. The Bertz CT molecular complexity index is 1030. The summed E-state index contributed by atoms with van der Waals surface area (Å²) < 4.78 is 15.4. The maximum Gasteiger partial charge on any atom is 0.123 e. The van der Waals surface area contributed by atoms with Crippen LogP contribution in [0.3, 0.4) is 0 Å². The van der Waals surface area contributed by atoms with Gasteiger partial charge in [0.15, 0.2) is 0 Å². The van der Waals surface area contributed by atoms with Crippen molar-refractivity contribution in [3.63, 3.8) is 0 Å². The standard InChI is InChI=1S/C21H18FN3S/c1-2-14-26-19-5-3-4-18-20(15-10-12-23-13-11-15)21(24-25(18)19)16-6-8-17(22)9-7-16/h3-13H,2,14H2,1H3. The Morgan fingerprint density at radius 3 is 2.46 bits per heavy atom. The van der Waals surface area contributed by atoms with Gasteiger partial charge in [0.2, 0.25) is 0 Å². The maximum absolute atomic E-state index is 13.4. The lowest BCUT2D eigenvalue weighted by Gasteiger charge is -2.05. The Labute approximate surface area is 155 Å². The van der Waals surface area contributed by atoms with Gasteiger partial charge in [-0.05, 0) is 66.3 Å². The van der Waals surface area contributed by atoms with Crippen molar-refractivity contribution >= 4 is 17.3 Å². The monoisotopic (exact) mass is 363 g/mol. The molecule has 4 aromatic rings. The van der Waals surface area contributed by atoms with E-state index in [4.69, 9.17) is 5.10 Å². The molecule has 0 N–H and O–H groups in total. The molecule has 3 aromatic heterocycles. The van der Waals surface area contributed by atoms with E-state index in [-0.39, 0.29) is 5.82 Å². The normalized spacial score (nSPS) is 11.2. The van der Waals surface area contributed by atoms with Gasteiger partial charge in [-0.1, -0.05) is 13.0 Å². The summed E-state index contributed by atoms with van der Waals surface area (Å²) in [6.07, 6.45) is 4.66. The minimum Gasteiger partial charge on any atom is -0.265 e. The molecule has 0 bridgehead atoms. The van der Waals surface area contributed by atoms with E-state index >= 15 is 0 Å². The molecule has 0 atom stereocenters. The largest absolute Gasteiger partial charge is 0.265 e. The molecule has 26 heavy (non-hydrogen) atoms. The second-order valence-electron chi connectivity index (χ2n) is 5.98. The Balaban J connectivity index is 1.98. The lowest BCUT2D eigenvalue weighted by Crippen LogP contribution is -1.92. The maximum atomic E-state index is 13.4. The minimum atomic E-state index is -0.248. The molecule has 3 heterocycles.